The lowest BCUT2D eigenvalue weighted by molar-refractivity contribution is -0.141. The second-order valence-corrected chi connectivity index (χ2v) is 31.9. The fourth-order valence-electron chi connectivity index (χ4n) is 13.9. The Morgan fingerprint density at radius 3 is 1.08 bits per heavy atom. The second kappa shape index (κ2) is 66.2. The molecule has 2 aromatic carbocycles. The predicted octanol–water partition coefficient (Wildman–Crippen LogP) is -2.97. The molecule has 131 heavy (non-hydrogen) atoms. The van der Waals surface area contributed by atoms with Crippen molar-refractivity contribution >= 4 is 118 Å². The van der Waals surface area contributed by atoms with E-state index in [-0.39, 0.29) is 202 Å². The van der Waals surface area contributed by atoms with Crippen LogP contribution in [0.4, 0.5) is 0 Å². The molecule has 13 amide bonds. The van der Waals surface area contributed by atoms with Gasteiger partial charge in [0.25, 0.3) is 0 Å². The number of unbranched alkanes of at least 4 members (excludes halogenated alkanes) is 4. The van der Waals surface area contributed by atoms with E-state index < -0.39 is 145 Å². The van der Waals surface area contributed by atoms with Crippen LogP contribution in [0.2, 0.25) is 0 Å². The Morgan fingerprint density at radius 1 is 0.344 bits per heavy atom. The Balaban J connectivity index is 1.21. The summed E-state index contributed by atoms with van der Waals surface area (Å²) in [5.41, 5.74) is 17.5. The van der Waals surface area contributed by atoms with Crippen LogP contribution in [0, 0.1) is 10.8 Å². The number of ether oxygens (including phenoxy) is 3. The summed E-state index contributed by atoms with van der Waals surface area (Å²) < 4.78 is 16.8. The number of Topliss-reactive ketones (excluding diaryl/α,β-unsaturated/α-hetero) is 3. The van der Waals surface area contributed by atoms with Gasteiger partial charge in [-0.1, -0.05) is 86.3 Å². The molecule has 2 saturated heterocycles. The van der Waals surface area contributed by atoms with Gasteiger partial charge in [0, 0.05) is 136 Å². The van der Waals surface area contributed by atoms with Gasteiger partial charge in [-0.25, -0.2) is 0 Å². The minimum atomic E-state index is -1.66. The average Bonchev–Trinajstić information content (AvgIpc) is 1.84. The normalized spacial score (nSPS) is 18.5. The molecule has 2 aromatic rings. The van der Waals surface area contributed by atoms with Crippen molar-refractivity contribution in [1.29, 1.82) is 10.8 Å². The number of carboxylic acid groups (broad SMARTS) is 2. The largest absolute Gasteiger partial charge is 0.481 e. The van der Waals surface area contributed by atoms with Gasteiger partial charge in [0.15, 0.2) is 11.9 Å². The number of carbonyl (C=O) groups excluding carboxylic acids is 16. The molecular formula is C87H137N21O23. The van der Waals surface area contributed by atoms with Crippen molar-refractivity contribution in [3.8, 4) is 0 Å². The van der Waals surface area contributed by atoms with Gasteiger partial charge >= 0.3 is 11.9 Å². The lowest BCUT2D eigenvalue weighted by Crippen LogP contribution is -2.58. The number of carbonyl (C=O) groups is 18. The minimum Gasteiger partial charge on any atom is -0.481 e. The zero-order valence-corrected chi connectivity index (χ0v) is 74.8. The number of nitrogens with zero attached hydrogens (tertiary/aromatic N) is 1. The quantitative estimate of drug-likeness (QED) is 0.0179. The lowest BCUT2D eigenvalue weighted by atomic mass is 10.0. The zero-order chi connectivity index (χ0) is 95.9. The molecule has 0 bridgehead atoms. The molecule has 44 heteroatoms. The van der Waals surface area contributed by atoms with E-state index in [0.717, 1.165) is 6.42 Å². The molecule has 8 unspecified atom stereocenters. The van der Waals surface area contributed by atoms with Crippen LogP contribution >= 0.6 is 0 Å². The van der Waals surface area contributed by atoms with Crippen molar-refractivity contribution in [2.75, 3.05) is 112 Å². The van der Waals surface area contributed by atoms with Crippen LogP contribution in [0.15, 0.2) is 60.7 Å². The molecule has 728 valence electrons. The maximum absolute atomic E-state index is 14.2. The van der Waals surface area contributed by atoms with E-state index in [9.17, 15) is 96.5 Å². The fourth-order valence-corrected chi connectivity index (χ4v) is 13.9. The first kappa shape index (κ1) is 111. The standard InChI is InChI=1S/C87H137N21O23/c88-37-18-46-129-48-50-131-51-49-130-47-19-43-108(44-35-72(113)93-38-15-29-62(111)27-13-26-60(109)24-9-3-11-30-65-80(123)102-63(32-16-39-96-86(89)90)78(121)98-56-74(115)100-69(54-76(117)118)84(127)106-67(82(125)104-65)52-58-20-5-1-6-21-58)45-36-73(114)95-42-41-94-71(112)34-14-28-61(110)25-10-4-12-31-66-81(124)103-64(33-17-40-97-87(91)92)79(122)99-57-75(116)101-70(55-77(119)120)85(128)107-68(83(126)105-66)53-59-22-7-2-8-23-59/h1-2,5-8,20-23,63-70H,3-4,9-19,24-57,88H2,(H,93,113)(H,94,112)(H,95,114)(H,98,121)(H,99,122)(H,100,115)(H,101,116)(H,102,123)(H,103,124)(H,104,125)(H,105,126)(H,106,127)(H,107,128)(H,117,118)(H,119,120)(H4,89,90,96)(H4,91,92,97). The van der Waals surface area contributed by atoms with Gasteiger partial charge in [-0.05, 0) is 101 Å². The SMILES string of the molecule is N=C(N)NCCCC1NC(=O)C(CCCCCC(=O)CCCC(=O)CCCNC(=O)CCN(CCCOCCOCCOCCCN)CCC(=O)NCCNC(=O)CCCC(=O)CCCCCC2NC(=O)C(Cc3ccccc3)NC(=O)C(CC(=O)O)NC(=O)CNC(=O)C(CCCNC(=N)N)NC2=O)NC(=O)C(Cc2ccccc2)NC(=O)C(CC(=O)O)NC(=O)CNC1=O. The topological polar surface area (TPSA) is 685 Å². The second-order valence-electron chi connectivity index (χ2n) is 31.9. The molecule has 8 atom stereocenters. The Kier molecular flexibility index (Phi) is 56.2. The van der Waals surface area contributed by atoms with Gasteiger partial charge in [0.05, 0.1) is 52.4 Å². The molecule has 0 saturated carbocycles. The number of amides is 13. The molecular weight excluding hydrogens is 1710 g/mol. The first-order valence-corrected chi connectivity index (χ1v) is 45.0. The molecule has 44 nitrogen and oxygen atoms in total. The number of ketones is 3. The van der Waals surface area contributed by atoms with Crippen LogP contribution in [0.3, 0.4) is 0 Å². The molecule has 0 aliphatic carbocycles. The molecule has 0 spiro atoms. The molecule has 4 rings (SSSR count). The van der Waals surface area contributed by atoms with Gasteiger partial charge < -0.3 is 126 Å². The van der Waals surface area contributed by atoms with E-state index in [0.29, 0.717) is 128 Å². The van der Waals surface area contributed by atoms with Crippen LogP contribution in [0.5, 0.6) is 0 Å². The predicted molar refractivity (Wildman–Crippen MR) is 478 cm³/mol. The number of nitrogens with two attached hydrogens (primary N) is 3. The summed E-state index contributed by atoms with van der Waals surface area (Å²) in [7, 11) is 0. The number of benzene rings is 2. The Morgan fingerprint density at radius 2 is 0.672 bits per heavy atom. The summed E-state index contributed by atoms with van der Waals surface area (Å²) in [4.78, 5) is 241. The molecule has 2 heterocycles. The number of hydrogen-bond acceptors (Lipinski definition) is 25. The molecule has 2 aliphatic heterocycles. The molecule has 0 aromatic heterocycles. The van der Waals surface area contributed by atoms with Crippen LogP contribution < -0.4 is 97.0 Å². The van der Waals surface area contributed by atoms with Crippen molar-refractivity contribution in [3.05, 3.63) is 71.8 Å². The first-order chi connectivity index (χ1) is 62.9. The van der Waals surface area contributed by atoms with Gasteiger partial charge in [-0.2, -0.15) is 0 Å². The van der Waals surface area contributed by atoms with Gasteiger partial charge in [0.1, 0.15) is 65.7 Å². The highest BCUT2D eigenvalue weighted by Crippen LogP contribution is 2.17. The summed E-state index contributed by atoms with van der Waals surface area (Å²) in [6.07, 6.45) is 3.96. The number of carboxylic acids is 2. The monoisotopic (exact) mass is 1840 g/mol. The summed E-state index contributed by atoms with van der Waals surface area (Å²) in [5.74, 6) is -13.4. The highest BCUT2D eigenvalue weighted by molar-refractivity contribution is 6.00. The summed E-state index contributed by atoms with van der Waals surface area (Å²) >= 11 is 0. The van der Waals surface area contributed by atoms with Crippen LogP contribution in [-0.2, 0) is 113 Å². The van der Waals surface area contributed by atoms with E-state index in [1.54, 1.807) is 60.7 Å². The molecule has 2 fully saturated rings. The number of nitrogens with one attached hydrogen (secondary N) is 17. The Labute approximate surface area is 762 Å². The third kappa shape index (κ3) is 52.3. The van der Waals surface area contributed by atoms with Crippen molar-refractivity contribution in [2.45, 2.75) is 241 Å². The number of hydrogen-bond donors (Lipinski definition) is 22. The van der Waals surface area contributed by atoms with E-state index >= 15 is 0 Å². The first-order valence-electron chi connectivity index (χ1n) is 45.0. The smallest absolute Gasteiger partial charge is 0.305 e. The van der Waals surface area contributed by atoms with E-state index in [1.807, 2.05) is 4.90 Å². The van der Waals surface area contributed by atoms with Crippen molar-refractivity contribution in [1.82, 2.24) is 84.7 Å². The van der Waals surface area contributed by atoms with E-state index in [4.69, 9.17) is 42.2 Å². The van der Waals surface area contributed by atoms with Gasteiger partial charge in [-0.3, -0.25) is 97.1 Å². The summed E-state index contributed by atoms with van der Waals surface area (Å²) in [6.45, 7) is 3.39. The van der Waals surface area contributed by atoms with Crippen molar-refractivity contribution < 1.29 is 111 Å². The summed E-state index contributed by atoms with van der Waals surface area (Å²) in [5, 5.41) is 73.0. The van der Waals surface area contributed by atoms with Crippen LogP contribution in [0.25, 0.3) is 0 Å². The van der Waals surface area contributed by atoms with Crippen LogP contribution in [0.1, 0.15) is 191 Å². The third-order valence-corrected chi connectivity index (χ3v) is 20.9. The third-order valence-electron chi connectivity index (χ3n) is 20.9. The highest BCUT2D eigenvalue weighted by atomic mass is 16.5. The fraction of sp³-hybridized carbons (Fsp3) is 0.632. The van der Waals surface area contributed by atoms with Gasteiger partial charge in [-0.15, -0.1) is 0 Å². The number of guanidine groups is 2. The van der Waals surface area contributed by atoms with Crippen LogP contribution in [-0.4, -0.2) is 293 Å². The number of rotatable bonds is 62. The van der Waals surface area contributed by atoms with Crippen molar-refractivity contribution in [2.24, 2.45) is 17.2 Å². The maximum atomic E-state index is 14.2. The maximum Gasteiger partial charge on any atom is 0.305 e. The van der Waals surface area contributed by atoms with E-state index in [1.165, 1.54) is 0 Å². The Bertz CT molecular complexity index is 3770. The average molecular weight is 1850 g/mol. The molecule has 2 aliphatic rings. The zero-order valence-electron chi connectivity index (χ0n) is 74.8. The molecule has 25 N–H and O–H groups in total. The van der Waals surface area contributed by atoms with Gasteiger partial charge in [0.2, 0.25) is 76.8 Å². The van der Waals surface area contributed by atoms with Crippen molar-refractivity contribution in [3.63, 3.8) is 0 Å². The summed E-state index contributed by atoms with van der Waals surface area (Å²) in [6, 6.07) is 5.92. The van der Waals surface area contributed by atoms with E-state index in [2.05, 4.69) is 79.8 Å². The lowest BCUT2D eigenvalue weighted by Gasteiger charge is -2.26. The molecule has 0 radical (unpaired) electrons. The Hall–Kier alpha value is -12.2. The minimum absolute atomic E-state index is 0.00768. The number of aliphatic carboxylic acids is 2. The highest BCUT2D eigenvalue weighted by Gasteiger charge is 2.36.